The largest absolute Gasteiger partial charge is 0.332 e. The van der Waals surface area contributed by atoms with Gasteiger partial charge in [-0.05, 0) is 62.7 Å². The van der Waals surface area contributed by atoms with Crippen molar-refractivity contribution in [1.29, 1.82) is 0 Å². The number of hydrogen-bond acceptors (Lipinski definition) is 3. The van der Waals surface area contributed by atoms with Crippen molar-refractivity contribution in [3.8, 4) is 0 Å². The summed E-state index contributed by atoms with van der Waals surface area (Å²) in [6.07, 6.45) is 2.89. The molecule has 0 radical (unpaired) electrons. The van der Waals surface area contributed by atoms with Crippen LogP contribution >= 0.6 is 12.2 Å². The second kappa shape index (κ2) is 8.97. The van der Waals surface area contributed by atoms with Crippen LogP contribution in [0, 0.1) is 18.6 Å². The number of carbonyl (C=O) groups excluding carboxylic acids is 1. The van der Waals surface area contributed by atoms with Crippen LogP contribution in [-0.4, -0.2) is 15.5 Å². The molecule has 0 spiro atoms. The molecule has 5 nitrogen and oxygen atoms in total. The highest BCUT2D eigenvalue weighted by Crippen LogP contribution is 2.16. The molecule has 146 valence electrons. The van der Waals surface area contributed by atoms with E-state index in [1.807, 2.05) is 44.2 Å². The smallest absolute Gasteiger partial charge is 0.262 e. The minimum Gasteiger partial charge on any atom is -0.332 e. The number of para-hydroxylation sites is 1. The number of aromatic amines is 1. The van der Waals surface area contributed by atoms with E-state index in [0.29, 0.717) is 23.1 Å². The van der Waals surface area contributed by atoms with Crippen LogP contribution in [0.15, 0.2) is 47.3 Å². The molecule has 0 saturated carbocycles. The normalized spacial score (nSPS) is 10.9. The molecule has 2 N–H and O–H groups in total. The van der Waals surface area contributed by atoms with E-state index in [9.17, 15) is 9.59 Å². The summed E-state index contributed by atoms with van der Waals surface area (Å²) >= 11 is 5.32. The molecule has 0 aliphatic carbocycles. The van der Waals surface area contributed by atoms with Gasteiger partial charge in [0.2, 0.25) is 5.91 Å². The molecule has 0 saturated heterocycles. The first-order chi connectivity index (χ1) is 13.5. The Balaban J connectivity index is 1.50. The number of rotatable bonds is 7. The molecule has 28 heavy (non-hydrogen) atoms. The van der Waals surface area contributed by atoms with Crippen molar-refractivity contribution in [2.45, 2.75) is 46.1 Å². The third-order valence-corrected chi connectivity index (χ3v) is 5.15. The van der Waals surface area contributed by atoms with Crippen molar-refractivity contribution < 1.29 is 4.79 Å². The highest BCUT2D eigenvalue weighted by Gasteiger charge is 2.07. The molecule has 0 aliphatic rings. The first kappa shape index (κ1) is 20.0. The molecule has 0 aliphatic heterocycles. The highest BCUT2D eigenvalue weighted by atomic mass is 32.1. The van der Waals surface area contributed by atoms with Crippen molar-refractivity contribution in [1.82, 2.24) is 9.55 Å². The number of amides is 1. The van der Waals surface area contributed by atoms with Crippen molar-refractivity contribution in [2.75, 3.05) is 5.32 Å². The summed E-state index contributed by atoms with van der Waals surface area (Å²) in [5.74, 6) is 0.0205. The van der Waals surface area contributed by atoms with Gasteiger partial charge in [-0.15, -0.1) is 0 Å². The van der Waals surface area contributed by atoms with E-state index in [-0.39, 0.29) is 11.5 Å². The third kappa shape index (κ3) is 4.75. The van der Waals surface area contributed by atoms with Gasteiger partial charge in [0.15, 0.2) is 4.77 Å². The summed E-state index contributed by atoms with van der Waals surface area (Å²) < 4.78 is 2.05. The van der Waals surface area contributed by atoms with Gasteiger partial charge in [-0.1, -0.05) is 36.2 Å². The summed E-state index contributed by atoms with van der Waals surface area (Å²) in [5, 5.41) is 3.61. The Morgan fingerprint density at radius 1 is 1.11 bits per heavy atom. The topological polar surface area (TPSA) is 66.9 Å². The maximum Gasteiger partial charge on any atom is 0.262 e. The van der Waals surface area contributed by atoms with E-state index in [1.165, 1.54) is 5.56 Å². The molecule has 0 atom stereocenters. The SMILES string of the molecule is Cc1ccc(NC(=O)CCCCCn2c(=S)[nH]c3ccccc3c2=O)c(C)c1. The lowest BCUT2D eigenvalue weighted by atomic mass is 10.1. The molecule has 2 aromatic carbocycles. The van der Waals surface area contributed by atoms with Crippen LogP contribution in [0.25, 0.3) is 10.9 Å². The predicted molar refractivity (Wildman–Crippen MR) is 116 cm³/mol. The number of benzene rings is 2. The van der Waals surface area contributed by atoms with Crippen LogP contribution < -0.4 is 10.9 Å². The lowest BCUT2D eigenvalue weighted by molar-refractivity contribution is -0.116. The zero-order valence-corrected chi connectivity index (χ0v) is 17.1. The van der Waals surface area contributed by atoms with Crippen LogP contribution in [0.5, 0.6) is 0 Å². The van der Waals surface area contributed by atoms with E-state index in [1.54, 1.807) is 10.6 Å². The van der Waals surface area contributed by atoms with Gasteiger partial charge in [0.25, 0.3) is 5.56 Å². The molecule has 1 amide bonds. The number of nitrogens with one attached hydrogen (secondary N) is 2. The molecule has 0 fully saturated rings. The van der Waals surface area contributed by atoms with Gasteiger partial charge < -0.3 is 10.3 Å². The number of anilines is 1. The summed E-state index contributed by atoms with van der Waals surface area (Å²) in [4.78, 5) is 27.9. The van der Waals surface area contributed by atoms with Crippen LogP contribution in [-0.2, 0) is 11.3 Å². The van der Waals surface area contributed by atoms with Gasteiger partial charge in [0.1, 0.15) is 0 Å². The number of H-pyrrole nitrogens is 1. The van der Waals surface area contributed by atoms with Crippen LogP contribution in [0.2, 0.25) is 0 Å². The number of fused-ring (bicyclic) bond motifs is 1. The molecule has 6 heteroatoms. The fourth-order valence-electron chi connectivity index (χ4n) is 3.30. The van der Waals surface area contributed by atoms with Gasteiger partial charge in [0.05, 0.1) is 10.9 Å². The Labute approximate surface area is 169 Å². The minimum atomic E-state index is -0.0630. The number of unbranched alkanes of at least 4 members (excludes halogenated alkanes) is 2. The van der Waals surface area contributed by atoms with Gasteiger partial charge in [-0.3, -0.25) is 14.2 Å². The van der Waals surface area contributed by atoms with E-state index < -0.39 is 0 Å². The fraction of sp³-hybridized carbons (Fsp3) is 0.318. The van der Waals surface area contributed by atoms with Gasteiger partial charge in [-0.2, -0.15) is 0 Å². The highest BCUT2D eigenvalue weighted by molar-refractivity contribution is 7.71. The van der Waals surface area contributed by atoms with Crippen LogP contribution in [0.3, 0.4) is 0 Å². The van der Waals surface area contributed by atoms with Crippen molar-refractivity contribution in [2.24, 2.45) is 0 Å². The summed E-state index contributed by atoms with van der Waals surface area (Å²) in [7, 11) is 0. The predicted octanol–water partition coefficient (Wildman–Crippen LogP) is 4.88. The number of nitrogens with zero attached hydrogens (tertiary/aromatic N) is 1. The molecular weight excluding hydrogens is 370 g/mol. The Kier molecular flexibility index (Phi) is 6.41. The summed E-state index contributed by atoms with van der Waals surface area (Å²) in [6, 6.07) is 13.4. The van der Waals surface area contributed by atoms with E-state index in [2.05, 4.69) is 16.4 Å². The van der Waals surface area contributed by atoms with Crippen molar-refractivity contribution >= 4 is 34.7 Å². The zero-order chi connectivity index (χ0) is 20.1. The molecule has 0 bridgehead atoms. The van der Waals surface area contributed by atoms with Gasteiger partial charge in [0, 0.05) is 18.7 Å². The third-order valence-electron chi connectivity index (χ3n) is 4.83. The van der Waals surface area contributed by atoms with E-state index >= 15 is 0 Å². The Morgan fingerprint density at radius 3 is 2.68 bits per heavy atom. The second-order valence-electron chi connectivity index (χ2n) is 7.11. The first-order valence-corrected chi connectivity index (χ1v) is 9.95. The number of aromatic nitrogens is 2. The van der Waals surface area contributed by atoms with E-state index in [0.717, 1.165) is 36.0 Å². The summed E-state index contributed by atoms with van der Waals surface area (Å²) in [5.41, 5.74) is 3.81. The molecular formula is C22H25N3O2S. The van der Waals surface area contributed by atoms with Gasteiger partial charge in [-0.25, -0.2) is 0 Å². The lowest BCUT2D eigenvalue weighted by Crippen LogP contribution is -2.22. The maximum absolute atomic E-state index is 12.6. The van der Waals surface area contributed by atoms with Gasteiger partial charge >= 0.3 is 0 Å². The molecule has 3 rings (SSSR count). The monoisotopic (exact) mass is 395 g/mol. The zero-order valence-electron chi connectivity index (χ0n) is 16.2. The molecule has 3 aromatic rings. The molecule has 0 unspecified atom stereocenters. The molecule has 1 heterocycles. The fourth-order valence-corrected chi connectivity index (χ4v) is 3.58. The average molecular weight is 396 g/mol. The van der Waals surface area contributed by atoms with Crippen molar-refractivity contribution in [3.05, 3.63) is 68.7 Å². The van der Waals surface area contributed by atoms with Crippen molar-refractivity contribution in [3.63, 3.8) is 0 Å². The van der Waals surface area contributed by atoms with E-state index in [4.69, 9.17) is 12.2 Å². The number of hydrogen-bond donors (Lipinski definition) is 2. The number of aryl methyl sites for hydroxylation is 2. The molecule has 1 aromatic heterocycles. The maximum atomic E-state index is 12.6. The quantitative estimate of drug-likeness (QED) is 0.443. The second-order valence-corrected chi connectivity index (χ2v) is 7.50. The summed E-state index contributed by atoms with van der Waals surface area (Å²) in [6.45, 7) is 4.58. The Morgan fingerprint density at radius 2 is 1.89 bits per heavy atom. The minimum absolute atomic E-state index is 0.0205. The lowest BCUT2D eigenvalue weighted by Gasteiger charge is -2.10. The Hall–Kier alpha value is -2.73. The van der Waals surface area contributed by atoms with Crippen LogP contribution in [0.4, 0.5) is 5.69 Å². The van der Waals surface area contributed by atoms with Crippen LogP contribution in [0.1, 0.15) is 36.8 Å². The Bertz CT molecular complexity index is 1110. The standard InChI is InChI=1S/C22H25N3O2S/c1-15-11-12-18(16(2)14-15)23-20(26)10-4-3-7-13-25-21(27)17-8-5-6-9-19(17)24-22(25)28/h5-6,8-9,11-12,14H,3-4,7,10,13H2,1-2H3,(H,23,26)(H,24,28). The number of carbonyl (C=O) groups is 1. The first-order valence-electron chi connectivity index (χ1n) is 9.54. The average Bonchev–Trinajstić information content (AvgIpc) is 2.66.